The van der Waals surface area contributed by atoms with Crippen LogP contribution in [0.3, 0.4) is 0 Å². The molecule has 1 fully saturated rings. The second-order valence-electron chi connectivity index (χ2n) is 5.79. The normalized spacial score (nSPS) is 20.4. The maximum atomic E-state index is 11.7. The van der Waals surface area contributed by atoms with E-state index < -0.39 is 9.84 Å². The van der Waals surface area contributed by atoms with Gasteiger partial charge in [0.25, 0.3) is 0 Å². The summed E-state index contributed by atoms with van der Waals surface area (Å²) in [5, 5.41) is 0. The minimum absolute atomic E-state index is 0.156. The number of rotatable bonds is 3. The maximum absolute atomic E-state index is 11.7. The average molecular weight is 296 g/mol. The number of benzene rings is 1. The number of aryl methyl sites for hydroxylation is 1. The molecule has 0 saturated carbocycles. The molecule has 0 radical (unpaired) electrons. The number of nitrogens with zero attached hydrogens (tertiary/aromatic N) is 1. The summed E-state index contributed by atoms with van der Waals surface area (Å²) >= 11 is 0. The maximum Gasteiger partial charge on any atom is 0.152 e. The lowest BCUT2D eigenvalue weighted by atomic mass is 10.0. The summed E-state index contributed by atoms with van der Waals surface area (Å²) in [6.07, 6.45) is 1.58. The third-order valence-electron chi connectivity index (χ3n) is 3.72. The van der Waals surface area contributed by atoms with E-state index >= 15 is 0 Å². The van der Waals surface area contributed by atoms with Gasteiger partial charge in [0.15, 0.2) is 9.84 Å². The van der Waals surface area contributed by atoms with Crippen LogP contribution in [0.1, 0.15) is 24.5 Å². The van der Waals surface area contributed by atoms with E-state index in [0.29, 0.717) is 18.7 Å². The van der Waals surface area contributed by atoms with E-state index in [1.54, 1.807) is 0 Å². The fourth-order valence-corrected chi connectivity index (χ4v) is 4.02. The van der Waals surface area contributed by atoms with Crippen LogP contribution in [0, 0.1) is 6.92 Å². The first-order valence-corrected chi connectivity index (χ1v) is 9.00. The van der Waals surface area contributed by atoms with Gasteiger partial charge >= 0.3 is 0 Å². The van der Waals surface area contributed by atoms with Gasteiger partial charge < -0.3 is 10.6 Å². The summed E-state index contributed by atoms with van der Waals surface area (Å²) in [5.74, 6) is 0.569. The lowest BCUT2D eigenvalue weighted by Gasteiger charge is -2.24. The molecule has 1 aliphatic rings. The zero-order valence-corrected chi connectivity index (χ0v) is 13.1. The Morgan fingerprint density at radius 1 is 1.30 bits per heavy atom. The molecule has 5 heteroatoms. The molecule has 0 amide bonds. The van der Waals surface area contributed by atoms with Crippen molar-refractivity contribution < 1.29 is 8.42 Å². The van der Waals surface area contributed by atoms with Crippen molar-refractivity contribution in [1.82, 2.24) is 0 Å². The molecule has 1 atom stereocenters. The topological polar surface area (TPSA) is 63.4 Å². The molecule has 0 aliphatic carbocycles. The van der Waals surface area contributed by atoms with Crippen molar-refractivity contribution in [1.29, 1.82) is 0 Å². The summed E-state index contributed by atoms with van der Waals surface area (Å²) in [4.78, 5) is 2.19. The quantitative estimate of drug-likeness (QED) is 0.918. The molecule has 1 saturated heterocycles. The number of anilines is 1. The van der Waals surface area contributed by atoms with Crippen LogP contribution in [0.25, 0.3) is 0 Å². The van der Waals surface area contributed by atoms with Gasteiger partial charge in [-0.1, -0.05) is 12.1 Å². The Morgan fingerprint density at radius 3 is 2.70 bits per heavy atom. The Bertz CT molecular complexity index is 567. The van der Waals surface area contributed by atoms with Crippen molar-refractivity contribution in [2.75, 3.05) is 29.5 Å². The van der Waals surface area contributed by atoms with Gasteiger partial charge in [0.2, 0.25) is 0 Å². The summed E-state index contributed by atoms with van der Waals surface area (Å²) < 4.78 is 23.3. The van der Waals surface area contributed by atoms with Crippen molar-refractivity contribution in [3.63, 3.8) is 0 Å². The highest BCUT2D eigenvalue weighted by molar-refractivity contribution is 7.91. The second-order valence-corrected chi connectivity index (χ2v) is 8.10. The Labute approximate surface area is 121 Å². The van der Waals surface area contributed by atoms with Crippen LogP contribution in [0.2, 0.25) is 0 Å². The van der Waals surface area contributed by atoms with Gasteiger partial charge in [0.1, 0.15) is 0 Å². The monoisotopic (exact) mass is 296 g/mol. The molecule has 4 nitrogen and oxygen atoms in total. The van der Waals surface area contributed by atoms with E-state index in [1.807, 2.05) is 6.92 Å². The molecule has 0 bridgehead atoms. The molecular weight excluding hydrogens is 272 g/mol. The van der Waals surface area contributed by atoms with Crippen molar-refractivity contribution >= 4 is 15.5 Å². The predicted molar refractivity (Wildman–Crippen MR) is 84.0 cm³/mol. The lowest BCUT2D eigenvalue weighted by molar-refractivity contribution is 0.597. The Balaban J connectivity index is 2.16. The molecule has 112 valence electrons. The summed E-state index contributed by atoms with van der Waals surface area (Å²) in [7, 11) is -2.86. The van der Waals surface area contributed by atoms with Crippen molar-refractivity contribution in [2.45, 2.75) is 32.7 Å². The van der Waals surface area contributed by atoms with E-state index in [2.05, 4.69) is 30.0 Å². The first kappa shape index (κ1) is 15.3. The average Bonchev–Trinajstić information content (AvgIpc) is 2.50. The summed E-state index contributed by atoms with van der Waals surface area (Å²) in [6, 6.07) is 6.53. The van der Waals surface area contributed by atoms with E-state index in [4.69, 9.17) is 5.73 Å². The fourth-order valence-electron chi connectivity index (χ4n) is 2.75. The lowest BCUT2D eigenvalue weighted by Crippen LogP contribution is -2.27. The third-order valence-corrected chi connectivity index (χ3v) is 5.43. The Kier molecular flexibility index (Phi) is 4.70. The van der Waals surface area contributed by atoms with Crippen molar-refractivity contribution in [3.8, 4) is 0 Å². The molecule has 0 aromatic heterocycles. The summed E-state index contributed by atoms with van der Waals surface area (Å²) in [5.41, 5.74) is 9.41. The molecule has 0 spiro atoms. The minimum Gasteiger partial charge on any atom is -0.370 e. The first-order valence-electron chi connectivity index (χ1n) is 7.18. The number of sulfone groups is 1. The number of hydrogen-bond donors (Lipinski definition) is 1. The standard InChI is InChI=1S/C15H24N2O2S/c1-12-10-14(11-13(2)16)4-5-15(12)17-6-3-8-20(18,19)9-7-17/h4-5,10,13H,3,6-9,11,16H2,1-2H3. The molecule has 2 N–H and O–H groups in total. The van der Waals surface area contributed by atoms with E-state index in [1.165, 1.54) is 11.1 Å². The SMILES string of the molecule is Cc1cc(CC(C)N)ccc1N1CCCS(=O)(=O)CC1. The van der Waals surface area contributed by atoms with E-state index in [0.717, 1.165) is 18.7 Å². The van der Waals surface area contributed by atoms with Crippen molar-refractivity contribution in [2.24, 2.45) is 5.73 Å². The zero-order valence-electron chi connectivity index (χ0n) is 12.3. The highest BCUT2D eigenvalue weighted by Crippen LogP contribution is 2.23. The molecule has 1 aromatic carbocycles. The minimum atomic E-state index is -2.86. The highest BCUT2D eigenvalue weighted by atomic mass is 32.2. The van der Waals surface area contributed by atoms with Crippen LogP contribution >= 0.6 is 0 Å². The number of hydrogen-bond acceptors (Lipinski definition) is 4. The van der Waals surface area contributed by atoms with Gasteiger partial charge in [-0.3, -0.25) is 0 Å². The molecule has 20 heavy (non-hydrogen) atoms. The smallest absolute Gasteiger partial charge is 0.152 e. The zero-order chi connectivity index (χ0) is 14.8. The van der Waals surface area contributed by atoms with Crippen LogP contribution in [0.5, 0.6) is 0 Å². The first-order chi connectivity index (χ1) is 9.37. The molecular formula is C15H24N2O2S. The molecule has 1 aromatic rings. The predicted octanol–water partition coefficient (Wildman–Crippen LogP) is 1.51. The Hall–Kier alpha value is -1.07. The number of nitrogens with two attached hydrogens (primary N) is 1. The van der Waals surface area contributed by atoms with Gasteiger partial charge in [-0.2, -0.15) is 0 Å². The van der Waals surface area contributed by atoms with Crippen LogP contribution in [-0.2, 0) is 16.3 Å². The second kappa shape index (κ2) is 6.14. The highest BCUT2D eigenvalue weighted by Gasteiger charge is 2.20. The van der Waals surface area contributed by atoms with Crippen LogP contribution in [0.4, 0.5) is 5.69 Å². The van der Waals surface area contributed by atoms with Crippen LogP contribution in [0.15, 0.2) is 18.2 Å². The van der Waals surface area contributed by atoms with Crippen molar-refractivity contribution in [3.05, 3.63) is 29.3 Å². The van der Waals surface area contributed by atoms with Gasteiger partial charge in [-0.25, -0.2) is 8.42 Å². The summed E-state index contributed by atoms with van der Waals surface area (Å²) in [6.45, 7) is 5.49. The van der Waals surface area contributed by atoms with Crippen LogP contribution < -0.4 is 10.6 Å². The largest absolute Gasteiger partial charge is 0.370 e. The third kappa shape index (κ3) is 3.96. The van der Waals surface area contributed by atoms with E-state index in [-0.39, 0.29) is 11.8 Å². The fraction of sp³-hybridized carbons (Fsp3) is 0.600. The van der Waals surface area contributed by atoms with Crippen LogP contribution in [-0.4, -0.2) is 39.1 Å². The van der Waals surface area contributed by atoms with Gasteiger partial charge in [0, 0.05) is 24.8 Å². The molecule has 1 heterocycles. The molecule has 1 unspecified atom stereocenters. The van der Waals surface area contributed by atoms with E-state index in [9.17, 15) is 8.42 Å². The van der Waals surface area contributed by atoms with Gasteiger partial charge in [-0.15, -0.1) is 0 Å². The van der Waals surface area contributed by atoms with Gasteiger partial charge in [0.05, 0.1) is 11.5 Å². The molecule has 2 rings (SSSR count). The Morgan fingerprint density at radius 2 is 2.05 bits per heavy atom. The van der Waals surface area contributed by atoms with Gasteiger partial charge in [-0.05, 0) is 43.9 Å². The molecule has 1 aliphatic heterocycles.